The van der Waals surface area contributed by atoms with Crippen molar-refractivity contribution in [3.63, 3.8) is 0 Å². The van der Waals surface area contributed by atoms with Crippen LogP contribution in [0.5, 0.6) is 0 Å². The van der Waals surface area contributed by atoms with Gasteiger partial charge in [0.15, 0.2) is 0 Å². The Morgan fingerprint density at radius 2 is 1.72 bits per heavy atom. The molecule has 18 heavy (non-hydrogen) atoms. The number of aliphatic carboxylic acids is 1. The quantitative estimate of drug-likeness (QED) is 0.602. The third-order valence-corrected chi connectivity index (χ3v) is 2.22. The Morgan fingerprint density at radius 1 is 1.22 bits per heavy atom. The summed E-state index contributed by atoms with van der Waals surface area (Å²) < 4.78 is 4.93. The smallest absolute Gasteiger partial charge is 0.397 e. The topological polar surface area (TPSA) is 83.9 Å². The SMILES string of the molecule is CCC(C(=O)O)N(CC)C(=O)C(=O)OC(C)(C)C. The Labute approximate surface area is 107 Å². The molecule has 104 valence electrons. The molecule has 0 rings (SSSR count). The van der Waals surface area contributed by atoms with Crippen LogP contribution in [0.4, 0.5) is 0 Å². The van der Waals surface area contributed by atoms with Crippen LogP contribution in [0.2, 0.25) is 0 Å². The highest BCUT2D eigenvalue weighted by molar-refractivity contribution is 6.32. The first-order valence-electron chi connectivity index (χ1n) is 5.90. The van der Waals surface area contributed by atoms with Gasteiger partial charge >= 0.3 is 17.8 Å². The van der Waals surface area contributed by atoms with Crippen molar-refractivity contribution in [1.82, 2.24) is 4.90 Å². The maximum absolute atomic E-state index is 11.8. The maximum atomic E-state index is 11.8. The summed E-state index contributed by atoms with van der Waals surface area (Å²) in [6.07, 6.45) is 0.234. The molecule has 0 saturated carbocycles. The molecule has 0 spiro atoms. The molecule has 0 saturated heterocycles. The fourth-order valence-electron chi connectivity index (χ4n) is 1.47. The number of hydrogen-bond acceptors (Lipinski definition) is 4. The van der Waals surface area contributed by atoms with Crippen LogP contribution in [-0.2, 0) is 19.1 Å². The molecule has 0 bridgehead atoms. The zero-order chi connectivity index (χ0) is 14.5. The van der Waals surface area contributed by atoms with Gasteiger partial charge in [0.1, 0.15) is 11.6 Å². The zero-order valence-electron chi connectivity index (χ0n) is 11.5. The van der Waals surface area contributed by atoms with Gasteiger partial charge in [-0.1, -0.05) is 6.92 Å². The van der Waals surface area contributed by atoms with E-state index in [1.807, 2.05) is 0 Å². The summed E-state index contributed by atoms with van der Waals surface area (Å²) in [5.74, 6) is -3.07. The number of carbonyl (C=O) groups is 3. The molecule has 6 heteroatoms. The first-order valence-corrected chi connectivity index (χ1v) is 5.90. The van der Waals surface area contributed by atoms with Gasteiger partial charge in [-0.15, -0.1) is 0 Å². The standard InChI is InChI=1S/C12H21NO5/c1-6-8(10(15)16)13(7-2)9(14)11(17)18-12(3,4)5/h8H,6-7H2,1-5H3,(H,15,16). The fraction of sp³-hybridized carbons (Fsp3) is 0.750. The lowest BCUT2D eigenvalue weighted by atomic mass is 10.2. The molecule has 1 amide bonds. The predicted molar refractivity (Wildman–Crippen MR) is 64.9 cm³/mol. The van der Waals surface area contributed by atoms with Gasteiger partial charge in [-0.2, -0.15) is 0 Å². The number of likely N-dealkylation sites (N-methyl/N-ethyl adjacent to an activating group) is 1. The first kappa shape index (κ1) is 16.4. The number of rotatable bonds is 4. The summed E-state index contributed by atoms with van der Waals surface area (Å²) >= 11 is 0. The minimum absolute atomic E-state index is 0.142. The average molecular weight is 259 g/mol. The van der Waals surface area contributed by atoms with E-state index >= 15 is 0 Å². The van der Waals surface area contributed by atoms with Crippen molar-refractivity contribution in [1.29, 1.82) is 0 Å². The van der Waals surface area contributed by atoms with Crippen LogP contribution in [-0.4, -0.2) is 46.0 Å². The molecule has 0 aliphatic rings. The number of hydrogen-bond donors (Lipinski definition) is 1. The number of carboxylic acid groups (broad SMARTS) is 1. The normalized spacial score (nSPS) is 12.7. The summed E-state index contributed by atoms with van der Waals surface area (Å²) in [7, 11) is 0. The van der Waals surface area contributed by atoms with Crippen LogP contribution in [0.25, 0.3) is 0 Å². The number of amides is 1. The Bertz CT molecular complexity index is 332. The van der Waals surface area contributed by atoms with Crippen molar-refractivity contribution in [3.8, 4) is 0 Å². The number of carbonyl (C=O) groups excluding carboxylic acids is 2. The largest absolute Gasteiger partial charge is 0.480 e. The van der Waals surface area contributed by atoms with Gasteiger partial charge in [0.05, 0.1) is 0 Å². The van der Waals surface area contributed by atoms with Gasteiger partial charge in [-0.3, -0.25) is 4.79 Å². The monoisotopic (exact) mass is 259 g/mol. The van der Waals surface area contributed by atoms with Crippen molar-refractivity contribution in [2.75, 3.05) is 6.54 Å². The molecule has 0 aromatic carbocycles. The molecule has 0 aromatic rings. The summed E-state index contributed by atoms with van der Waals surface area (Å²) in [5.41, 5.74) is -0.781. The molecule has 1 unspecified atom stereocenters. The Hall–Kier alpha value is -1.59. The Balaban J connectivity index is 4.91. The van der Waals surface area contributed by atoms with Gasteiger partial charge in [0.2, 0.25) is 0 Å². The van der Waals surface area contributed by atoms with Crippen LogP contribution < -0.4 is 0 Å². The highest BCUT2D eigenvalue weighted by Gasteiger charge is 2.33. The lowest BCUT2D eigenvalue weighted by molar-refractivity contribution is -0.170. The number of esters is 1. The average Bonchev–Trinajstić information content (AvgIpc) is 2.21. The fourth-order valence-corrected chi connectivity index (χ4v) is 1.47. The molecule has 0 aliphatic heterocycles. The number of nitrogens with zero attached hydrogens (tertiary/aromatic N) is 1. The Kier molecular flexibility index (Phi) is 5.81. The lowest BCUT2D eigenvalue weighted by Gasteiger charge is -2.27. The second-order valence-electron chi connectivity index (χ2n) is 4.86. The summed E-state index contributed by atoms with van der Waals surface area (Å²) in [6.45, 7) is 8.33. The van der Waals surface area contributed by atoms with Gasteiger partial charge in [0, 0.05) is 6.54 Å². The van der Waals surface area contributed by atoms with E-state index in [2.05, 4.69) is 0 Å². The highest BCUT2D eigenvalue weighted by atomic mass is 16.6. The minimum Gasteiger partial charge on any atom is -0.480 e. The van der Waals surface area contributed by atoms with Crippen molar-refractivity contribution >= 4 is 17.8 Å². The van der Waals surface area contributed by atoms with Crippen LogP contribution in [0.15, 0.2) is 0 Å². The van der Waals surface area contributed by atoms with E-state index in [0.29, 0.717) is 0 Å². The molecule has 0 fully saturated rings. The highest BCUT2D eigenvalue weighted by Crippen LogP contribution is 2.11. The van der Waals surface area contributed by atoms with Crippen LogP contribution in [0.3, 0.4) is 0 Å². The molecular weight excluding hydrogens is 238 g/mol. The van der Waals surface area contributed by atoms with E-state index in [4.69, 9.17) is 9.84 Å². The molecule has 1 N–H and O–H groups in total. The molecule has 1 atom stereocenters. The van der Waals surface area contributed by atoms with Gasteiger partial charge in [-0.25, -0.2) is 9.59 Å². The third-order valence-electron chi connectivity index (χ3n) is 2.22. The van der Waals surface area contributed by atoms with Gasteiger partial charge < -0.3 is 14.7 Å². The van der Waals surface area contributed by atoms with Crippen LogP contribution in [0, 0.1) is 0 Å². The van der Waals surface area contributed by atoms with Crippen molar-refractivity contribution < 1.29 is 24.2 Å². The Morgan fingerprint density at radius 3 is 2.00 bits per heavy atom. The van der Waals surface area contributed by atoms with Crippen molar-refractivity contribution in [3.05, 3.63) is 0 Å². The second kappa shape index (κ2) is 6.37. The van der Waals surface area contributed by atoms with E-state index in [1.165, 1.54) is 0 Å². The van der Waals surface area contributed by atoms with E-state index < -0.39 is 29.5 Å². The second-order valence-corrected chi connectivity index (χ2v) is 4.86. The molecule has 6 nitrogen and oxygen atoms in total. The molecule has 0 aliphatic carbocycles. The van der Waals surface area contributed by atoms with E-state index in [0.717, 1.165) is 4.90 Å². The summed E-state index contributed by atoms with van der Waals surface area (Å²) in [4.78, 5) is 35.4. The molecule has 0 radical (unpaired) electrons. The zero-order valence-corrected chi connectivity index (χ0v) is 11.5. The predicted octanol–water partition coefficient (Wildman–Crippen LogP) is 1.04. The molecule has 0 heterocycles. The first-order chi connectivity index (χ1) is 8.14. The van der Waals surface area contributed by atoms with E-state index in [1.54, 1.807) is 34.6 Å². The third kappa shape index (κ3) is 4.73. The lowest BCUT2D eigenvalue weighted by Crippen LogP contribution is -2.49. The van der Waals surface area contributed by atoms with Crippen LogP contribution >= 0.6 is 0 Å². The van der Waals surface area contributed by atoms with Gasteiger partial charge in [-0.05, 0) is 34.1 Å². The van der Waals surface area contributed by atoms with Crippen LogP contribution in [0.1, 0.15) is 41.0 Å². The van der Waals surface area contributed by atoms with Crippen molar-refractivity contribution in [2.24, 2.45) is 0 Å². The van der Waals surface area contributed by atoms with Crippen molar-refractivity contribution in [2.45, 2.75) is 52.7 Å². The van der Waals surface area contributed by atoms with E-state index in [9.17, 15) is 14.4 Å². The number of carboxylic acids is 1. The summed E-state index contributed by atoms with van der Waals surface area (Å²) in [6, 6.07) is -1.00. The molecule has 0 aromatic heterocycles. The number of ether oxygens (including phenoxy) is 1. The minimum atomic E-state index is -1.13. The molecular formula is C12H21NO5. The maximum Gasteiger partial charge on any atom is 0.397 e. The van der Waals surface area contributed by atoms with Gasteiger partial charge in [0.25, 0.3) is 0 Å². The summed E-state index contributed by atoms with van der Waals surface area (Å²) in [5, 5.41) is 8.99. The van der Waals surface area contributed by atoms with E-state index in [-0.39, 0.29) is 13.0 Å².